The van der Waals surface area contributed by atoms with Gasteiger partial charge in [-0.2, -0.15) is 0 Å². The summed E-state index contributed by atoms with van der Waals surface area (Å²) in [7, 11) is 3.29. The van der Waals surface area contributed by atoms with Crippen molar-refractivity contribution in [1.29, 1.82) is 0 Å². The number of hydrogen-bond acceptors (Lipinski definition) is 4. The van der Waals surface area contributed by atoms with Crippen LogP contribution >= 0.6 is 0 Å². The largest absolute Gasteiger partial charge is 0.497 e. The van der Waals surface area contributed by atoms with Crippen LogP contribution in [0.5, 0.6) is 11.5 Å². The van der Waals surface area contributed by atoms with Gasteiger partial charge in [0.15, 0.2) is 0 Å². The highest BCUT2D eigenvalue weighted by Gasteiger charge is 2.04. The Hall–Kier alpha value is -1.55. The molecular weight excluding hydrogens is 218 g/mol. The van der Waals surface area contributed by atoms with Gasteiger partial charge in [-0.1, -0.05) is 0 Å². The Morgan fingerprint density at radius 1 is 1.29 bits per heavy atom. The third-order valence-corrected chi connectivity index (χ3v) is 2.43. The summed E-state index contributed by atoms with van der Waals surface area (Å²) < 4.78 is 10.4. The summed E-state index contributed by atoms with van der Waals surface area (Å²) in [5.41, 5.74) is 1.07. The minimum atomic E-state index is 0.141. The number of rotatable bonds is 7. The van der Waals surface area contributed by atoms with E-state index in [0.717, 1.165) is 30.0 Å². The number of nitrogens with one attached hydrogen (secondary N) is 1. The lowest BCUT2D eigenvalue weighted by Gasteiger charge is -2.10. The molecule has 1 N–H and O–H groups in total. The van der Waals surface area contributed by atoms with E-state index >= 15 is 0 Å². The zero-order valence-electron chi connectivity index (χ0n) is 10.6. The predicted octanol–water partition coefficient (Wildman–Crippen LogP) is 1.42. The number of benzene rings is 1. The van der Waals surface area contributed by atoms with Crippen molar-refractivity contribution in [1.82, 2.24) is 5.32 Å². The first kappa shape index (κ1) is 13.5. The van der Waals surface area contributed by atoms with Crippen LogP contribution in [0.1, 0.15) is 12.5 Å². The smallest absolute Gasteiger partial charge is 0.143 e. The second-order valence-electron chi connectivity index (χ2n) is 3.81. The van der Waals surface area contributed by atoms with E-state index in [1.165, 1.54) is 0 Å². The first-order chi connectivity index (χ1) is 8.17. The van der Waals surface area contributed by atoms with Gasteiger partial charge >= 0.3 is 0 Å². The molecule has 0 saturated heterocycles. The number of carbonyl (C=O) groups excluding carboxylic acids is 1. The van der Waals surface area contributed by atoms with Crippen molar-refractivity contribution in [3.63, 3.8) is 0 Å². The summed E-state index contributed by atoms with van der Waals surface area (Å²) in [6, 6.07) is 5.71. The first-order valence-electron chi connectivity index (χ1n) is 5.58. The lowest BCUT2D eigenvalue weighted by molar-refractivity contribution is -0.116. The van der Waals surface area contributed by atoms with Crippen molar-refractivity contribution < 1.29 is 14.3 Å². The fraction of sp³-hybridized carbons (Fsp3) is 0.462. The van der Waals surface area contributed by atoms with Gasteiger partial charge in [-0.15, -0.1) is 0 Å². The summed E-state index contributed by atoms with van der Waals surface area (Å²) >= 11 is 0. The fourth-order valence-electron chi connectivity index (χ4n) is 1.56. The van der Waals surface area contributed by atoms with Crippen LogP contribution in [-0.4, -0.2) is 33.1 Å². The Balaban J connectivity index is 2.58. The summed E-state index contributed by atoms with van der Waals surface area (Å²) in [4.78, 5) is 10.8. The molecule has 1 rings (SSSR count). The Kier molecular flexibility index (Phi) is 5.49. The Bertz CT molecular complexity index is 377. The van der Waals surface area contributed by atoms with Crippen LogP contribution in [0, 0.1) is 0 Å². The monoisotopic (exact) mass is 237 g/mol. The molecule has 0 spiro atoms. The maximum atomic E-state index is 10.8. The van der Waals surface area contributed by atoms with E-state index in [9.17, 15) is 4.79 Å². The predicted molar refractivity (Wildman–Crippen MR) is 66.8 cm³/mol. The van der Waals surface area contributed by atoms with Gasteiger partial charge in [0.2, 0.25) is 0 Å². The highest BCUT2D eigenvalue weighted by Crippen LogP contribution is 2.23. The van der Waals surface area contributed by atoms with Gasteiger partial charge in [0, 0.05) is 0 Å². The first-order valence-corrected chi connectivity index (χ1v) is 5.58. The van der Waals surface area contributed by atoms with Gasteiger partial charge in [0.05, 0.1) is 20.8 Å². The minimum Gasteiger partial charge on any atom is -0.497 e. The summed E-state index contributed by atoms with van der Waals surface area (Å²) in [5.74, 6) is 1.80. The van der Waals surface area contributed by atoms with Crippen molar-refractivity contribution >= 4 is 5.78 Å². The van der Waals surface area contributed by atoms with Crippen LogP contribution in [-0.2, 0) is 11.2 Å². The van der Waals surface area contributed by atoms with E-state index in [4.69, 9.17) is 9.47 Å². The number of methoxy groups -OCH3 is 2. The number of Topliss-reactive ketones (excluding diaryl/α,β-unsaturated/α-hetero) is 1. The second-order valence-corrected chi connectivity index (χ2v) is 3.81. The molecule has 0 saturated carbocycles. The van der Waals surface area contributed by atoms with Crippen LogP contribution in [0.15, 0.2) is 18.2 Å². The molecule has 17 heavy (non-hydrogen) atoms. The molecule has 4 heteroatoms. The average Bonchev–Trinajstić information content (AvgIpc) is 2.34. The van der Waals surface area contributed by atoms with Crippen molar-refractivity contribution in [2.45, 2.75) is 13.3 Å². The maximum Gasteiger partial charge on any atom is 0.143 e. The van der Waals surface area contributed by atoms with Crippen LogP contribution in [0.25, 0.3) is 0 Å². The van der Waals surface area contributed by atoms with Crippen LogP contribution in [0.4, 0.5) is 0 Å². The van der Waals surface area contributed by atoms with Gasteiger partial charge < -0.3 is 14.8 Å². The Morgan fingerprint density at radius 3 is 2.65 bits per heavy atom. The molecule has 0 heterocycles. The summed E-state index contributed by atoms with van der Waals surface area (Å²) in [5, 5.41) is 3.08. The van der Waals surface area contributed by atoms with Crippen molar-refractivity contribution in [2.24, 2.45) is 0 Å². The lowest BCUT2D eigenvalue weighted by atomic mass is 10.1. The summed E-state index contributed by atoms with van der Waals surface area (Å²) in [6.07, 6.45) is 0.799. The van der Waals surface area contributed by atoms with E-state index < -0.39 is 0 Å². The molecule has 94 valence electrons. The van der Waals surface area contributed by atoms with E-state index in [-0.39, 0.29) is 5.78 Å². The van der Waals surface area contributed by atoms with E-state index in [1.807, 2.05) is 18.2 Å². The molecule has 0 radical (unpaired) electrons. The molecule has 0 aliphatic carbocycles. The van der Waals surface area contributed by atoms with Crippen molar-refractivity contribution in [3.8, 4) is 11.5 Å². The normalized spacial score (nSPS) is 10.1. The topological polar surface area (TPSA) is 47.6 Å². The van der Waals surface area contributed by atoms with Crippen LogP contribution in [0.3, 0.4) is 0 Å². The number of hydrogen-bond donors (Lipinski definition) is 1. The molecule has 0 aromatic heterocycles. The SMILES string of the molecule is COc1ccc(OC)c(CCNCC(C)=O)c1. The van der Waals surface area contributed by atoms with Gasteiger partial charge in [-0.25, -0.2) is 0 Å². The highest BCUT2D eigenvalue weighted by atomic mass is 16.5. The molecule has 0 bridgehead atoms. The molecule has 4 nitrogen and oxygen atoms in total. The average molecular weight is 237 g/mol. The Morgan fingerprint density at radius 2 is 2.06 bits per heavy atom. The van der Waals surface area contributed by atoms with Gasteiger partial charge in [0.1, 0.15) is 17.3 Å². The third kappa shape index (κ3) is 4.44. The van der Waals surface area contributed by atoms with Crippen molar-refractivity contribution in [3.05, 3.63) is 23.8 Å². The zero-order valence-corrected chi connectivity index (χ0v) is 10.6. The molecule has 0 fully saturated rings. The molecular formula is C13H19NO3. The summed E-state index contributed by atoms with van der Waals surface area (Å²) in [6.45, 7) is 2.72. The molecule has 0 amide bonds. The standard InChI is InChI=1S/C13H19NO3/c1-10(15)9-14-7-6-11-8-12(16-2)4-5-13(11)17-3/h4-5,8,14H,6-7,9H2,1-3H3. The molecule has 0 aliphatic heterocycles. The van der Waals surface area contributed by atoms with E-state index in [2.05, 4.69) is 5.32 Å². The van der Waals surface area contributed by atoms with Gasteiger partial charge in [-0.3, -0.25) is 4.79 Å². The maximum absolute atomic E-state index is 10.8. The number of ketones is 1. The highest BCUT2D eigenvalue weighted by molar-refractivity contribution is 5.77. The second kappa shape index (κ2) is 6.91. The molecule has 1 aromatic carbocycles. The zero-order chi connectivity index (χ0) is 12.7. The van der Waals surface area contributed by atoms with Crippen LogP contribution in [0.2, 0.25) is 0 Å². The van der Waals surface area contributed by atoms with E-state index in [0.29, 0.717) is 6.54 Å². The van der Waals surface area contributed by atoms with Crippen molar-refractivity contribution in [2.75, 3.05) is 27.3 Å². The molecule has 0 aliphatic rings. The molecule has 0 atom stereocenters. The number of carbonyl (C=O) groups is 1. The lowest BCUT2D eigenvalue weighted by Crippen LogP contribution is -2.23. The van der Waals surface area contributed by atoms with Crippen LogP contribution < -0.4 is 14.8 Å². The molecule has 1 aromatic rings. The minimum absolute atomic E-state index is 0.141. The van der Waals surface area contributed by atoms with E-state index in [1.54, 1.807) is 21.1 Å². The fourth-order valence-corrected chi connectivity index (χ4v) is 1.56. The van der Waals surface area contributed by atoms with Gasteiger partial charge in [0.25, 0.3) is 0 Å². The van der Waals surface area contributed by atoms with Gasteiger partial charge in [-0.05, 0) is 43.7 Å². The Labute approximate surface area is 102 Å². The quantitative estimate of drug-likeness (QED) is 0.729. The number of ether oxygens (including phenoxy) is 2. The third-order valence-electron chi connectivity index (χ3n) is 2.43. The molecule has 0 unspecified atom stereocenters.